The third-order valence-corrected chi connectivity index (χ3v) is 3.67. The molecule has 0 amide bonds. The first-order chi connectivity index (χ1) is 11.6. The van der Waals surface area contributed by atoms with Gasteiger partial charge in [-0.15, -0.1) is 0 Å². The Morgan fingerprint density at radius 2 is 1.84 bits per heavy atom. The largest absolute Gasteiger partial charge is 0.481 e. The molecule has 2 aromatic carbocycles. The highest BCUT2D eigenvalue weighted by atomic mass is 32.2. The van der Waals surface area contributed by atoms with Crippen molar-refractivity contribution >= 4 is 21.7 Å². The normalized spacial score (nSPS) is 11.2. The number of ether oxygens (including phenoxy) is 1. The van der Waals surface area contributed by atoms with E-state index in [2.05, 4.69) is 4.72 Å². The molecule has 0 saturated carbocycles. The predicted octanol–water partition coefficient (Wildman–Crippen LogP) is 3.15. The highest BCUT2D eigenvalue weighted by molar-refractivity contribution is 7.92. The minimum atomic E-state index is -3.66. The van der Waals surface area contributed by atoms with Crippen LogP contribution in [0.1, 0.15) is 12.0 Å². The molecule has 0 saturated heterocycles. The van der Waals surface area contributed by atoms with E-state index in [9.17, 15) is 22.0 Å². The van der Waals surface area contributed by atoms with Crippen LogP contribution in [-0.2, 0) is 21.2 Å². The van der Waals surface area contributed by atoms with Crippen LogP contribution in [0.3, 0.4) is 0 Å². The summed E-state index contributed by atoms with van der Waals surface area (Å²) in [6.45, 7) is 0. The highest BCUT2D eigenvalue weighted by Gasteiger charge is 2.14. The second kappa shape index (κ2) is 7.47. The van der Waals surface area contributed by atoms with Gasteiger partial charge in [-0.2, -0.15) is 0 Å². The van der Waals surface area contributed by atoms with Gasteiger partial charge in [0.1, 0.15) is 5.82 Å². The van der Waals surface area contributed by atoms with Crippen LogP contribution in [0, 0.1) is 11.6 Å². The molecule has 25 heavy (non-hydrogen) atoms. The Balaban J connectivity index is 2.36. The number of aliphatic carboxylic acids is 1. The van der Waals surface area contributed by atoms with E-state index in [0.717, 1.165) is 18.4 Å². The summed E-state index contributed by atoms with van der Waals surface area (Å²) in [5.41, 5.74) is 0.578. The lowest BCUT2D eigenvalue weighted by atomic mass is 10.1. The number of benzene rings is 2. The molecule has 0 radical (unpaired) electrons. The third-order valence-electron chi connectivity index (χ3n) is 3.08. The Kier molecular flexibility index (Phi) is 5.58. The van der Waals surface area contributed by atoms with Gasteiger partial charge in [0.25, 0.3) is 0 Å². The Hall–Kier alpha value is -2.68. The number of aryl methyl sites for hydroxylation is 1. The zero-order chi connectivity index (χ0) is 18.6. The first-order valence-electron chi connectivity index (χ1n) is 7.09. The van der Waals surface area contributed by atoms with Crippen molar-refractivity contribution in [3.05, 3.63) is 53.6 Å². The van der Waals surface area contributed by atoms with Crippen LogP contribution in [0.2, 0.25) is 0 Å². The van der Waals surface area contributed by atoms with Crippen LogP contribution >= 0.6 is 0 Å². The molecule has 134 valence electrons. The van der Waals surface area contributed by atoms with Crippen molar-refractivity contribution in [2.45, 2.75) is 12.8 Å². The fraction of sp³-hybridized carbons (Fsp3) is 0.188. The Morgan fingerprint density at radius 1 is 1.16 bits per heavy atom. The second-order valence-electron chi connectivity index (χ2n) is 5.28. The topological polar surface area (TPSA) is 92.7 Å². The molecule has 0 aliphatic carbocycles. The number of halogens is 2. The number of sulfonamides is 1. The lowest BCUT2D eigenvalue weighted by Crippen LogP contribution is -2.11. The Labute approximate surface area is 143 Å². The predicted molar refractivity (Wildman–Crippen MR) is 87.3 cm³/mol. The number of rotatable bonds is 7. The van der Waals surface area contributed by atoms with E-state index in [4.69, 9.17) is 9.84 Å². The van der Waals surface area contributed by atoms with Crippen molar-refractivity contribution in [1.29, 1.82) is 0 Å². The molecule has 0 spiro atoms. The van der Waals surface area contributed by atoms with Gasteiger partial charge in [0.15, 0.2) is 17.3 Å². The monoisotopic (exact) mass is 371 g/mol. The maximum absolute atomic E-state index is 13.7. The van der Waals surface area contributed by atoms with Crippen molar-refractivity contribution < 1.29 is 31.8 Å². The molecule has 6 nitrogen and oxygen atoms in total. The first-order valence-corrected chi connectivity index (χ1v) is 8.98. The van der Waals surface area contributed by atoms with Gasteiger partial charge in [-0.1, -0.05) is 6.07 Å². The molecule has 0 aliphatic heterocycles. The van der Waals surface area contributed by atoms with Crippen molar-refractivity contribution in [2.24, 2.45) is 0 Å². The van der Waals surface area contributed by atoms with E-state index in [1.807, 2.05) is 0 Å². The molecular weight excluding hydrogens is 356 g/mol. The lowest BCUT2D eigenvalue weighted by Gasteiger charge is -2.14. The minimum Gasteiger partial charge on any atom is -0.481 e. The Morgan fingerprint density at radius 3 is 2.44 bits per heavy atom. The Bertz CT molecular complexity index is 899. The van der Waals surface area contributed by atoms with E-state index in [-0.39, 0.29) is 30.0 Å². The van der Waals surface area contributed by atoms with E-state index in [1.54, 1.807) is 0 Å². The van der Waals surface area contributed by atoms with Crippen LogP contribution in [0.25, 0.3) is 0 Å². The number of anilines is 1. The van der Waals surface area contributed by atoms with Crippen LogP contribution < -0.4 is 9.46 Å². The van der Waals surface area contributed by atoms with E-state index in [0.29, 0.717) is 11.6 Å². The number of nitrogens with one attached hydrogen (secondary N) is 1. The fourth-order valence-electron chi connectivity index (χ4n) is 2.03. The summed E-state index contributed by atoms with van der Waals surface area (Å²) >= 11 is 0. The molecule has 0 heterocycles. The smallest absolute Gasteiger partial charge is 0.303 e. The van der Waals surface area contributed by atoms with Gasteiger partial charge < -0.3 is 9.84 Å². The SMILES string of the molecule is CS(=O)(=O)Nc1cc(CCC(=O)O)ccc1Oc1ccc(F)cc1F. The summed E-state index contributed by atoms with van der Waals surface area (Å²) in [5.74, 6) is -3.00. The van der Waals surface area contributed by atoms with E-state index < -0.39 is 27.6 Å². The summed E-state index contributed by atoms with van der Waals surface area (Å²) in [6, 6.07) is 7.04. The molecule has 2 N–H and O–H groups in total. The maximum Gasteiger partial charge on any atom is 0.303 e. The number of hydrogen-bond donors (Lipinski definition) is 2. The highest BCUT2D eigenvalue weighted by Crippen LogP contribution is 2.33. The fourth-order valence-corrected chi connectivity index (χ4v) is 2.59. The van der Waals surface area contributed by atoms with E-state index in [1.165, 1.54) is 18.2 Å². The van der Waals surface area contributed by atoms with Crippen molar-refractivity contribution in [3.8, 4) is 11.5 Å². The molecule has 0 atom stereocenters. The van der Waals surface area contributed by atoms with Crippen LogP contribution in [-0.4, -0.2) is 25.7 Å². The van der Waals surface area contributed by atoms with Crippen molar-refractivity contribution in [2.75, 3.05) is 11.0 Å². The molecule has 2 aromatic rings. The number of carboxylic acids is 1. The number of hydrogen-bond acceptors (Lipinski definition) is 4. The summed E-state index contributed by atoms with van der Waals surface area (Å²) in [7, 11) is -3.66. The maximum atomic E-state index is 13.7. The molecule has 9 heteroatoms. The summed E-state index contributed by atoms with van der Waals surface area (Å²) in [6.07, 6.45) is 0.975. The summed E-state index contributed by atoms with van der Waals surface area (Å²) < 4.78 is 57.3. The standard InChI is InChI=1S/C16H15F2NO5S/c1-25(22,23)19-13-8-10(3-7-16(20)21)2-5-15(13)24-14-6-4-11(17)9-12(14)18/h2,4-6,8-9,19H,3,7H2,1H3,(H,20,21). The molecule has 0 aromatic heterocycles. The zero-order valence-electron chi connectivity index (χ0n) is 13.1. The van der Waals surface area contributed by atoms with Gasteiger partial charge in [0.05, 0.1) is 11.9 Å². The molecular formula is C16H15F2NO5S. The van der Waals surface area contributed by atoms with Crippen molar-refractivity contribution in [3.63, 3.8) is 0 Å². The van der Waals surface area contributed by atoms with Gasteiger partial charge in [0, 0.05) is 12.5 Å². The minimum absolute atomic E-state index is 0.00462. The van der Waals surface area contributed by atoms with Crippen molar-refractivity contribution in [1.82, 2.24) is 0 Å². The summed E-state index contributed by atoms with van der Waals surface area (Å²) in [5, 5.41) is 8.72. The molecule has 0 aliphatic rings. The average Bonchev–Trinajstić information content (AvgIpc) is 2.48. The first kappa shape index (κ1) is 18.7. The average molecular weight is 371 g/mol. The molecule has 0 bridgehead atoms. The van der Waals surface area contributed by atoms with Crippen LogP contribution in [0.15, 0.2) is 36.4 Å². The van der Waals surface area contributed by atoms with Gasteiger partial charge in [0.2, 0.25) is 10.0 Å². The number of carbonyl (C=O) groups is 1. The quantitative estimate of drug-likeness (QED) is 0.780. The molecule has 0 unspecified atom stereocenters. The second-order valence-corrected chi connectivity index (χ2v) is 7.02. The van der Waals surface area contributed by atoms with Gasteiger partial charge in [-0.25, -0.2) is 17.2 Å². The molecule has 0 fully saturated rings. The van der Waals surface area contributed by atoms with Crippen LogP contribution in [0.5, 0.6) is 11.5 Å². The zero-order valence-corrected chi connectivity index (χ0v) is 13.9. The van der Waals surface area contributed by atoms with Gasteiger partial charge >= 0.3 is 5.97 Å². The van der Waals surface area contributed by atoms with Crippen LogP contribution in [0.4, 0.5) is 14.5 Å². The number of carboxylic acid groups (broad SMARTS) is 1. The van der Waals surface area contributed by atoms with Gasteiger partial charge in [-0.05, 0) is 36.2 Å². The lowest BCUT2D eigenvalue weighted by molar-refractivity contribution is -0.136. The van der Waals surface area contributed by atoms with Gasteiger partial charge in [-0.3, -0.25) is 9.52 Å². The third kappa shape index (κ3) is 5.71. The van der Waals surface area contributed by atoms with E-state index >= 15 is 0 Å². The molecule has 2 rings (SSSR count). The summed E-state index contributed by atoms with van der Waals surface area (Å²) in [4.78, 5) is 10.7.